The van der Waals surface area contributed by atoms with Crippen LogP contribution >= 0.6 is 15.9 Å². The van der Waals surface area contributed by atoms with Crippen LogP contribution in [0.4, 0.5) is 0 Å². The molecule has 4 aromatic carbocycles. The van der Waals surface area contributed by atoms with Crippen molar-refractivity contribution in [2.75, 3.05) is 21.3 Å². The number of nitrogens with zero attached hydrogens (tertiary/aromatic N) is 1. The maximum absolute atomic E-state index is 13.5. The van der Waals surface area contributed by atoms with E-state index >= 15 is 0 Å². The number of aromatic amines is 1. The fourth-order valence-corrected chi connectivity index (χ4v) is 5.31. The number of hydrogen-bond donors (Lipinski definition) is 2. The summed E-state index contributed by atoms with van der Waals surface area (Å²) in [4.78, 5) is 30.0. The van der Waals surface area contributed by atoms with Gasteiger partial charge in [-0.15, -0.1) is 0 Å². The molecule has 2 N–H and O–H groups in total. The summed E-state index contributed by atoms with van der Waals surface area (Å²) in [6, 6.07) is 23.9. The number of hydrazone groups is 1. The predicted molar refractivity (Wildman–Crippen MR) is 173 cm³/mol. The molecule has 0 radical (unpaired) electrons. The predicted octanol–water partition coefficient (Wildman–Crippen LogP) is 7.17. The summed E-state index contributed by atoms with van der Waals surface area (Å²) in [6.45, 7) is 2.08. The highest BCUT2D eigenvalue weighted by molar-refractivity contribution is 9.10. The molecule has 0 spiro atoms. The van der Waals surface area contributed by atoms with Gasteiger partial charge in [-0.1, -0.05) is 71.4 Å². The molecule has 0 aliphatic carbocycles. The zero-order valence-electron chi connectivity index (χ0n) is 24.6. The standard InChI is InChI=1S/C34H30BrN3O6/c1-5-20-12-9-13-25-29(21-10-7-6-8-11-21)31(37-30(20)25)33(39)38-36-19-23-16-24(35)14-15-26(23)44-34(40)22-17-27(41-2)32(43-4)28(18-22)42-3/h6-19,37H,5H2,1-4H3,(H,38,39). The van der Waals surface area contributed by atoms with Gasteiger partial charge in [-0.05, 0) is 47.9 Å². The minimum Gasteiger partial charge on any atom is -0.493 e. The first-order valence-corrected chi connectivity index (χ1v) is 14.5. The number of amides is 1. The Morgan fingerprint density at radius 3 is 2.27 bits per heavy atom. The Morgan fingerprint density at radius 2 is 1.61 bits per heavy atom. The van der Waals surface area contributed by atoms with E-state index in [1.54, 1.807) is 18.2 Å². The summed E-state index contributed by atoms with van der Waals surface area (Å²) >= 11 is 3.45. The molecule has 0 atom stereocenters. The van der Waals surface area contributed by atoms with Crippen LogP contribution in [-0.4, -0.2) is 44.4 Å². The molecule has 5 aromatic rings. The molecule has 1 amide bonds. The largest absolute Gasteiger partial charge is 0.493 e. The zero-order valence-corrected chi connectivity index (χ0v) is 26.2. The molecule has 0 fully saturated rings. The Balaban J connectivity index is 1.42. The van der Waals surface area contributed by atoms with E-state index in [9.17, 15) is 9.59 Å². The molecule has 224 valence electrons. The number of esters is 1. The molecule has 0 unspecified atom stereocenters. The maximum atomic E-state index is 13.5. The van der Waals surface area contributed by atoms with E-state index in [4.69, 9.17) is 18.9 Å². The van der Waals surface area contributed by atoms with Gasteiger partial charge in [-0.25, -0.2) is 10.2 Å². The number of carbonyl (C=O) groups excluding carboxylic acids is 2. The van der Waals surface area contributed by atoms with Crippen LogP contribution in [0.5, 0.6) is 23.0 Å². The van der Waals surface area contributed by atoms with Gasteiger partial charge in [-0.3, -0.25) is 4.79 Å². The Hall–Kier alpha value is -5.09. The Bertz CT molecular complexity index is 1840. The molecular weight excluding hydrogens is 626 g/mol. The lowest BCUT2D eigenvalue weighted by molar-refractivity contribution is 0.0733. The van der Waals surface area contributed by atoms with E-state index in [2.05, 4.69) is 38.4 Å². The average Bonchev–Trinajstić information content (AvgIpc) is 3.45. The van der Waals surface area contributed by atoms with E-state index < -0.39 is 11.9 Å². The van der Waals surface area contributed by atoms with Crippen LogP contribution in [-0.2, 0) is 6.42 Å². The van der Waals surface area contributed by atoms with Gasteiger partial charge < -0.3 is 23.9 Å². The highest BCUT2D eigenvalue weighted by Crippen LogP contribution is 2.39. The van der Waals surface area contributed by atoms with Gasteiger partial charge in [-0.2, -0.15) is 5.10 Å². The number of H-pyrrole nitrogens is 1. The highest BCUT2D eigenvalue weighted by Gasteiger charge is 2.21. The fraction of sp³-hybridized carbons (Fsp3) is 0.147. The van der Waals surface area contributed by atoms with Crippen LogP contribution in [0.3, 0.4) is 0 Å². The van der Waals surface area contributed by atoms with Gasteiger partial charge in [0.05, 0.1) is 33.1 Å². The van der Waals surface area contributed by atoms with Crippen molar-refractivity contribution in [1.29, 1.82) is 0 Å². The molecule has 0 saturated heterocycles. The molecule has 9 nitrogen and oxygen atoms in total. The molecule has 0 bridgehead atoms. The lowest BCUT2D eigenvalue weighted by atomic mass is 10.00. The van der Waals surface area contributed by atoms with Gasteiger partial charge in [0.15, 0.2) is 11.5 Å². The first-order chi connectivity index (χ1) is 21.4. The van der Waals surface area contributed by atoms with Crippen molar-refractivity contribution in [2.24, 2.45) is 5.10 Å². The molecule has 44 heavy (non-hydrogen) atoms. The van der Waals surface area contributed by atoms with E-state index in [-0.39, 0.29) is 11.3 Å². The number of para-hydroxylation sites is 1. The van der Waals surface area contributed by atoms with Crippen molar-refractivity contribution in [3.8, 4) is 34.1 Å². The molecule has 1 aromatic heterocycles. The fourth-order valence-electron chi connectivity index (χ4n) is 4.94. The number of hydrogen-bond acceptors (Lipinski definition) is 7. The van der Waals surface area contributed by atoms with Crippen molar-refractivity contribution < 1.29 is 28.5 Å². The topological polar surface area (TPSA) is 111 Å². The third-order valence-electron chi connectivity index (χ3n) is 7.04. The number of ether oxygens (including phenoxy) is 4. The van der Waals surface area contributed by atoms with Gasteiger partial charge in [0.1, 0.15) is 11.4 Å². The van der Waals surface area contributed by atoms with Crippen molar-refractivity contribution >= 4 is 44.9 Å². The van der Waals surface area contributed by atoms with Crippen molar-refractivity contribution in [3.63, 3.8) is 0 Å². The number of fused-ring (bicyclic) bond motifs is 1. The van der Waals surface area contributed by atoms with Crippen molar-refractivity contribution in [2.45, 2.75) is 13.3 Å². The summed E-state index contributed by atoms with van der Waals surface area (Å²) in [6.07, 6.45) is 2.23. The van der Waals surface area contributed by atoms with Crippen LogP contribution in [0.1, 0.15) is 38.9 Å². The van der Waals surface area contributed by atoms with Crippen molar-refractivity contribution in [1.82, 2.24) is 10.4 Å². The number of methoxy groups -OCH3 is 3. The highest BCUT2D eigenvalue weighted by atomic mass is 79.9. The van der Waals surface area contributed by atoms with Gasteiger partial charge >= 0.3 is 5.97 Å². The summed E-state index contributed by atoms with van der Waals surface area (Å²) in [5, 5.41) is 5.17. The first kappa shape index (κ1) is 30.4. The average molecular weight is 657 g/mol. The number of nitrogens with one attached hydrogen (secondary N) is 2. The molecule has 5 rings (SSSR count). The van der Waals surface area contributed by atoms with Gasteiger partial charge in [0.2, 0.25) is 5.75 Å². The molecule has 0 saturated carbocycles. The van der Waals surface area contributed by atoms with E-state index in [0.717, 1.165) is 38.5 Å². The number of aryl methyl sites for hydroxylation is 1. The minimum absolute atomic E-state index is 0.192. The van der Waals surface area contributed by atoms with Crippen molar-refractivity contribution in [3.05, 3.63) is 106 Å². The van der Waals surface area contributed by atoms with Crippen LogP contribution in [0, 0.1) is 0 Å². The van der Waals surface area contributed by atoms with Crippen LogP contribution < -0.4 is 24.4 Å². The molecule has 0 aliphatic rings. The van der Waals surface area contributed by atoms with Gasteiger partial charge in [0.25, 0.3) is 5.91 Å². The minimum atomic E-state index is -0.650. The smallest absolute Gasteiger partial charge is 0.343 e. The Kier molecular flexibility index (Phi) is 9.30. The van der Waals surface area contributed by atoms with Crippen LogP contribution in [0.15, 0.2) is 88.4 Å². The normalized spacial score (nSPS) is 11.0. The summed E-state index contributed by atoms with van der Waals surface area (Å²) in [5.41, 5.74) is 7.40. The first-order valence-electron chi connectivity index (χ1n) is 13.7. The molecule has 1 heterocycles. The van der Waals surface area contributed by atoms with E-state index in [1.165, 1.54) is 39.7 Å². The molecule has 0 aliphatic heterocycles. The summed E-state index contributed by atoms with van der Waals surface area (Å²) in [5.74, 6) is 0.157. The number of rotatable bonds is 10. The SMILES string of the molecule is CCc1cccc2c(-c3ccccc3)c(C(=O)NN=Cc3cc(Br)ccc3OC(=O)c3cc(OC)c(OC)c(OC)c3)[nH]c12. The second-order valence-electron chi connectivity index (χ2n) is 9.62. The quantitative estimate of drug-likeness (QED) is 0.0714. The third-order valence-corrected chi connectivity index (χ3v) is 7.53. The lowest BCUT2D eigenvalue weighted by Gasteiger charge is -2.14. The number of halogens is 1. The third kappa shape index (κ3) is 6.16. The number of carbonyl (C=O) groups is 2. The zero-order chi connectivity index (χ0) is 31.2. The Morgan fingerprint density at radius 1 is 0.886 bits per heavy atom. The second-order valence-corrected chi connectivity index (χ2v) is 10.5. The number of aromatic nitrogens is 1. The molecule has 10 heteroatoms. The molecular formula is C34H30BrN3O6. The summed E-state index contributed by atoms with van der Waals surface area (Å²) in [7, 11) is 4.41. The monoisotopic (exact) mass is 655 g/mol. The number of benzene rings is 4. The van der Waals surface area contributed by atoms with Gasteiger partial charge in [0, 0.05) is 26.5 Å². The van der Waals surface area contributed by atoms with Crippen LogP contribution in [0.2, 0.25) is 0 Å². The van der Waals surface area contributed by atoms with Crippen LogP contribution in [0.25, 0.3) is 22.0 Å². The van der Waals surface area contributed by atoms with E-state index in [1.807, 2.05) is 48.5 Å². The second kappa shape index (κ2) is 13.5. The Labute approximate surface area is 262 Å². The maximum Gasteiger partial charge on any atom is 0.343 e. The lowest BCUT2D eigenvalue weighted by Crippen LogP contribution is -2.19. The summed E-state index contributed by atoms with van der Waals surface area (Å²) < 4.78 is 22.5. The van der Waals surface area contributed by atoms with E-state index in [0.29, 0.717) is 28.5 Å².